The molecule has 1 unspecified atom stereocenters. The molecule has 166 valence electrons. The Morgan fingerprint density at radius 1 is 1.10 bits per heavy atom. The van der Waals surface area contributed by atoms with Crippen molar-refractivity contribution in [3.05, 3.63) is 62.4 Å². The Labute approximate surface area is 178 Å². The summed E-state index contributed by atoms with van der Waals surface area (Å²) in [4.78, 5) is 48.3. The topological polar surface area (TPSA) is 118 Å². The fourth-order valence-corrected chi connectivity index (χ4v) is 2.91. The van der Waals surface area contributed by atoms with E-state index in [0.29, 0.717) is 17.1 Å². The van der Waals surface area contributed by atoms with E-state index in [1.54, 1.807) is 18.2 Å². The van der Waals surface area contributed by atoms with Crippen LogP contribution in [0.3, 0.4) is 0 Å². The van der Waals surface area contributed by atoms with Gasteiger partial charge in [0.05, 0.1) is 39.4 Å². The summed E-state index contributed by atoms with van der Waals surface area (Å²) in [6.45, 7) is 0. The zero-order chi connectivity index (χ0) is 23.1. The van der Waals surface area contributed by atoms with Gasteiger partial charge in [0, 0.05) is 26.4 Å². The number of carbonyl (C=O) groups is 2. The molecule has 0 aliphatic rings. The molecule has 0 aliphatic heterocycles. The number of esters is 1. The molecule has 0 spiro atoms. The van der Waals surface area contributed by atoms with Crippen LogP contribution in [0.5, 0.6) is 11.5 Å². The molecule has 0 bridgehead atoms. The summed E-state index contributed by atoms with van der Waals surface area (Å²) < 4.78 is 17.4. The van der Waals surface area contributed by atoms with Crippen molar-refractivity contribution in [1.29, 1.82) is 0 Å². The second kappa shape index (κ2) is 10.3. The largest absolute Gasteiger partial charge is 0.493 e. The van der Waals surface area contributed by atoms with E-state index in [1.165, 1.54) is 52.3 Å². The van der Waals surface area contributed by atoms with Gasteiger partial charge in [0.1, 0.15) is 0 Å². The van der Waals surface area contributed by atoms with Crippen molar-refractivity contribution < 1.29 is 23.8 Å². The summed E-state index contributed by atoms with van der Waals surface area (Å²) in [7, 11) is 7.09. The van der Waals surface area contributed by atoms with Gasteiger partial charge in [-0.05, 0) is 23.8 Å². The maximum atomic E-state index is 12.5. The highest BCUT2D eigenvalue weighted by Crippen LogP contribution is 2.31. The smallest absolute Gasteiger partial charge is 0.330 e. The first-order valence-corrected chi connectivity index (χ1v) is 9.25. The fourth-order valence-electron chi connectivity index (χ4n) is 2.91. The van der Waals surface area contributed by atoms with Crippen LogP contribution in [-0.4, -0.2) is 42.3 Å². The molecule has 0 saturated heterocycles. The molecule has 2 aromatic rings. The lowest BCUT2D eigenvalue weighted by atomic mass is 10.0. The van der Waals surface area contributed by atoms with Crippen LogP contribution in [-0.2, 0) is 28.4 Å². The van der Waals surface area contributed by atoms with E-state index in [1.807, 2.05) is 0 Å². The van der Waals surface area contributed by atoms with Crippen LogP contribution in [0.15, 0.2) is 40.1 Å². The van der Waals surface area contributed by atoms with Crippen LogP contribution in [0.1, 0.15) is 23.6 Å². The molecule has 1 aromatic heterocycles. The zero-order valence-electron chi connectivity index (χ0n) is 18.0. The number of nitrogens with zero attached hydrogens (tertiary/aromatic N) is 2. The van der Waals surface area contributed by atoms with E-state index in [2.05, 4.69) is 5.32 Å². The van der Waals surface area contributed by atoms with Crippen molar-refractivity contribution in [3.8, 4) is 11.5 Å². The normalized spacial score (nSPS) is 11.8. The lowest BCUT2D eigenvalue weighted by Crippen LogP contribution is -2.37. The summed E-state index contributed by atoms with van der Waals surface area (Å²) in [5.74, 6) is -0.122. The predicted molar refractivity (Wildman–Crippen MR) is 113 cm³/mol. The van der Waals surface area contributed by atoms with Gasteiger partial charge in [-0.1, -0.05) is 6.07 Å². The van der Waals surface area contributed by atoms with Crippen molar-refractivity contribution in [2.45, 2.75) is 12.5 Å². The highest BCUT2D eigenvalue weighted by atomic mass is 16.5. The first-order valence-electron chi connectivity index (χ1n) is 9.25. The minimum Gasteiger partial charge on any atom is -0.493 e. The Morgan fingerprint density at radius 2 is 1.77 bits per heavy atom. The minimum absolute atomic E-state index is 0.118. The summed E-state index contributed by atoms with van der Waals surface area (Å²) in [6.07, 6.45) is 3.69. The van der Waals surface area contributed by atoms with Gasteiger partial charge < -0.3 is 24.1 Å². The van der Waals surface area contributed by atoms with Gasteiger partial charge in [0.15, 0.2) is 11.5 Å². The van der Waals surface area contributed by atoms with Crippen LogP contribution in [0.25, 0.3) is 6.08 Å². The number of hydrogen-bond donors (Lipinski definition) is 1. The number of ether oxygens (including phenoxy) is 3. The first-order chi connectivity index (χ1) is 14.7. The Kier molecular flexibility index (Phi) is 7.78. The van der Waals surface area contributed by atoms with Crippen molar-refractivity contribution in [1.82, 2.24) is 14.5 Å². The van der Waals surface area contributed by atoms with Crippen LogP contribution in [0.4, 0.5) is 0 Å². The number of aromatic nitrogens is 2. The van der Waals surface area contributed by atoms with Gasteiger partial charge in [-0.25, -0.2) is 4.79 Å². The fraction of sp³-hybridized carbons (Fsp3) is 0.333. The summed E-state index contributed by atoms with van der Waals surface area (Å²) >= 11 is 0. The van der Waals surface area contributed by atoms with E-state index in [9.17, 15) is 19.2 Å². The molecule has 1 heterocycles. The van der Waals surface area contributed by atoms with Crippen molar-refractivity contribution in [2.24, 2.45) is 14.1 Å². The maximum Gasteiger partial charge on any atom is 0.330 e. The molecule has 2 rings (SSSR count). The summed E-state index contributed by atoms with van der Waals surface area (Å²) in [5, 5.41) is 2.72. The Hall–Kier alpha value is -3.82. The Balaban J connectivity index is 2.30. The van der Waals surface area contributed by atoms with Gasteiger partial charge in [-0.15, -0.1) is 0 Å². The first kappa shape index (κ1) is 23.5. The van der Waals surface area contributed by atoms with E-state index in [0.717, 1.165) is 10.6 Å². The third kappa shape index (κ3) is 5.62. The van der Waals surface area contributed by atoms with Crippen molar-refractivity contribution in [2.75, 3.05) is 21.3 Å². The molecule has 31 heavy (non-hydrogen) atoms. The third-order valence-electron chi connectivity index (χ3n) is 4.61. The molecule has 0 saturated carbocycles. The molecule has 10 heteroatoms. The molecular formula is C21H25N3O7. The molecular weight excluding hydrogens is 406 g/mol. The second-order valence-electron chi connectivity index (χ2n) is 6.63. The van der Waals surface area contributed by atoms with E-state index in [4.69, 9.17) is 14.2 Å². The van der Waals surface area contributed by atoms with E-state index in [-0.39, 0.29) is 12.0 Å². The lowest BCUT2D eigenvalue weighted by molar-refractivity contribution is -0.141. The molecule has 10 nitrogen and oxygen atoms in total. The number of methoxy groups -OCH3 is 3. The zero-order valence-corrected chi connectivity index (χ0v) is 18.0. The van der Waals surface area contributed by atoms with Gasteiger partial charge in [0.2, 0.25) is 5.91 Å². The lowest BCUT2D eigenvalue weighted by Gasteiger charge is -2.19. The number of aryl methyl sites for hydroxylation is 1. The van der Waals surface area contributed by atoms with Crippen LogP contribution in [0.2, 0.25) is 0 Å². The standard InChI is InChI=1S/C21H25N3O7/c1-23-12-14(20(27)24(2)21(23)28)7-9-18(25)22-15(11-19(26)31-5)13-6-8-16(29-3)17(10-13)30-4/h6-10,12,15H,11H2,1-5H3,(H,22,25)/b9-7+. The monoisotopic (exact) mass is 431 g/mol. The average molecular weight is 431 g/mol. The van der Waals surface area contributed by atoms with Crippen LogP contribution < -0.4 is 26.0 Å². The van der Waals surface area contributed by atoms with Crippen molar-refractivity contribution in [3.63, 3.8) is 0 Å². The SMILES string of the molecule is COC(=O)CC(NC(=O)/C=C/c1cn(C)c(=O)n(C)c1=O)c1ccc(OC)c(OC)c1. The molecule has 1 aromatic carbocycles. The van der Waals surface area contributed by atoms with Gasteiger partial charge in [0.25, 0.3) is 5.56 Å². The number of hydrogen-bond acceptors (Lipinski definition) is 7. The van der Waals surface area contributed by atoms with Gasteiger partial charge in [-0.2, -0.15) is 0 Å². The summed E-state index contributed by atoms with van der Waals surface area (Å²) in [6, 6.07) is 4.29. The minimum atomic E-state index is -0.715. The molecule has 1 atom stereocenters. The Bertz CT molecular complexity index is 1110. The highest BCUT2D eigenvalue weighted by molar-refractivity contribution is 5.92. The average Bonchev–Trinajstić information content (AvgIpc) is 2.77. The number of carbonyl (C=O) groups excluding carboxylic acids is 2. The van der Waals surface area contributed by atoms with Crippen LogP contribution >= 0.6 is 0 Å². The van der Waals surface area contributed by atoms with Gasteiger partial charge >= 0.3 is 11.7 Å². The molecule has 1 amide bonds. The number of nitrogens with one attached hydrogen (secondary N) is 1. The van der Waals surface area contributed by atoms with E-state index < -0.39 is 29.2 Å². The molecule has 0 fully saturated rings. The Morgan fingerprint density at radius 3 is 2.39 bits per heavy atom. The quantitative estimate of drug-likeness (QED) is 0.479. The molecule has 1 N–H and O–H groups in total. The number of benzene rings is 1. The van der Waals surface area contributed by atoms with Gasteiger partial charge in [-0.3, -0.25) is 19.0 Å². The predicted octanol–water partition coefficient (Wildman–Crippen LogP) is 0.535. The highest BCUT2D eigenvalue weighted by Gasteiger charge is 2.20. The third-order valence-corrected chi connectivity index (χ3v) is 4.61. The van der Waals surface area contributed by atoms with Crippen LogP contribution in [0, 0.1) is 0 Å². The molecule has 0 radical (unpaired) electrons. The molecule has 0 aliphatic carbocycles. The number of amides is 1. The van der Waals surface area contributed by atoms with E-state index >= 15 is 0 Å². The van der Waals surface area contributed by atoms with Crippen molar-refractivity contribution >= 4 is 18.0 Å². The maximum absolute atomic E-state index is 12.5. The number of rotatable bonds is 8. The summed E-state index contributed by atoms with van der Waals surface area (Å²) in [5.41, 5.74) is -0.241. The second-order valence-corrected chi connectivity index (χ2v) is 6.63.